The molecule has 1 aromatic rings. The molecular formula is C9H11NO5. The van der Waals surface area contributed by atoms with Crippen LogP contribution in [0.15, 0.2) is 16.9 Å². The molecule has 0 radical (unpaired) electrons. The molecule has 0 aliphatic carbocycles. The zero-order valence-corrected chi connectivity index (χ0v) is 7.97. The fourth-order valence-electron chi connectivity index (χ4n) is 1.21. The Morgan fingerprint density at radius 2 is 2.00 bits per heavy atom. The highest BCUT2D eigenvalue weighted by atomic mass is 16.4. The molecule has 0 bridgehead atoms. The largest absolute Gasteiger partial charge is 0.479 e. The van der Waals surface area contributed by atoms with Crippen molar-refractivity contribution in [3.05, 3.63) is 33.7 Å². The van der Waals surface area contributed by atoms with E-state index < -0.39 is 18.2 Å². The lowest BCUT2D eigenvalue weighted by Gasteiger charge is -2.15. The molecule has 1 heterocycles. The Morgan fingerprint density at radius 1 is 1.40 bits per heavy atom. The number of carboxylic acids is 1. The van der Waals surface area contributed by atoms with Crippen molar-refractivity contribution in [3.63, 3.8) is 0 Å². The predicted octanol–water partition coefficient (Wildman–Crippen LogP) is -0.838. The Labute approximate surface area is 84.8 Å². The molecule has 4 N–H and O–H groups in total. The van der Waals surface area contributed by atoms with Crippen molar-refractivity contribution in [1.29, 1.82) is 0 Å². The molecule has 15 heavy (non-hydrogen) atoms. The molecule has 1 aromatic heterocycles. The zero-order chi connectivity index (χ0) is 11.6. The first-order valence-electron chi connectivity index (χ1n) is 4.22. The molecule has 0 spiro atoms. The lowest BCUT2D eigenvalue weighted by Crippen LogP contribution is -2.28. The number of H-pyrrole nitrogens is 1. The lowest BCUT2D eigenvalue weighted by molar-refractivity contribution is -0.153. The highest BCUT2D eigenvalue weighted by Gasteiger charge is 2.26. The number of aromatic nitrogens is 1. The van der Waals surface area contributed by atoms with Gasteiger partial charge >= 0.3 is 5.97 Å². The second-order valence-corrected chi connectivity index (χ2v) is 3.13. The Hall–Kier alpha value is -1.66. The van der Waals surface area contributed by atoms with E-state index in [1.807, 2.05) is 0 Å². The number of hydrogen-bond donors (Lipinski definition) is 4. The van der Waals surface area contributed by atoms with Crippen LogP contribution in [-0.4, -0.2) is 32.4 Å². The molecule has 0 saturated carbocycles. The Morgan fingerprint density at radius 3 is 2.47 bits per heavy atom. The quantitative estimate of drug-likeness (QED) is 0.523. The van der Waals surface area contributed by atoms with Gasteiger partial charge in [0.25, 0.3) is 0 Å². The topological polar surface area (TPSA) is 111 Å². The maximum atomic E-state index is 10.9. The van der Waals surface area contributed by atoms with Crippen LogP contribution in [0.4, 0.5) is 0 Å². The van der Waals surface area contributed by atoms with Crippen molar-refractivity contribution in [2.45, 2.75) is 19.1 Å². The summed E-state index contributed by atoms with van der Waals surface area (Å²) in [6.07, 6.45) is -3.46. The van der Waals surface area contributed by atoms with Crippen LogP contribution in [0, 0.1) is 6.92 Å². The van der Waals surface area contributed by atoms with E-state index in [1.54, 1.807) is 0 Å². The summed E-state index contributed by atoms with van der Waals surface area (Å²) in [5, 5.41) is 27.1. The van der Waals surface area contributed by atoms with Crippen LogP contribution in [-0.2, 0) is 4.79 Å². The predicted molar refractivity (Wildman–Crippen MR) is 50.4 cm³/mol. The Bertz CT molecular complexity index is 425. The van der Waals surface area contributed by atoms with Gasteiger partial charge in [0.1, 0.15) is 6.10 Å². The molecule has 0 aliphatic rings. The van der Waals surface area contributed by atoms with Gasteiger partial charge in [-0.25, -0.2) is 4.79 Å². The molecule has 2 unspecified atom stereocenters. The van der Waals surface area contributed by atoms with Crippen molar-refractivity contribution in [3.8, 4) is 0 Å². The van der Waals surface area contributed by atoms with Crippen molar-refractivity contribution < 1.29 is 20.1 Å². The summed E-state index contributed by atoms with van der Waals surface area (Å²) >= 11 is 0. The molecule has 0 aromatic carbocycles. The fraction of sp³-hybridized carbons (Fsp3) is 0.333. The van der Waals surface area contributed by atoms with E-state index in [1.165, 1.54) is 13.0 Å². The molecule has 0 saturated heterocycles. The van der Waals surface area contributed by atoms with Gasteiger partial charge in [-0.2, -0.15) is 0 Å². The van der Waals surface area contributed by atoms with Crippen LogP contribution >= 0.6 is 0 Å². The first kappa shape index (κ1) is 11.4. The maximum absolute atomic E-state index is 10.9. The minimum atomic E-state index is -1.91. The van der Waals surface area contributed by atoms with Crippen molar-refractivity contribution in [2.24, 2.45) is 0 Å². The number of aliphatic hydroxyl groups excluding tert-OH is 2. The summed E-state index contributed by atoms with van der Waals surface area (Å²) < 4.78 is 0. The van der Waals surface area contributed by atoms with Crippen LogP contribution in [0.3, 0.4) is 0 Å². The van der Waals surface area contributed by atoms with E-state index in [0.717, 1.165) is 6.07 Å². The van der Waals surface area contributed by atoms with Crippen molar-refractivity contribution in [2.75, 3.05) is 0 Å². The van der Waals surface area contributed by atoms with E-state index >= 15 is 0 Å². The third-order valence-corrected chi connectivity index (χ3v) is 2.03. The average molecular weight is 213 g/mol. The van der Waals surface area contributed by atoms with Crippen LogP contribution in [0.25, 0.3) is 0 Å². The molecule has 0 fully saturated rings. The molecule has 2 atom stereocenters. The van der Waals surface area contributed by atoms with E-state index in [-0.39, 0.29) is 11.1 Å². The number of carbonyl (C=O) groups is 1. The highest BCUT2D eigenvalue weighted by molar-refractivity contribution is 5.73. The van der Waals surface area contributed by atoms with Gasteiger partial charge in [0.2, 0.25) is 5.56 Å². The summed E-state index contributed by atoms with van der Waals surface area (Å²) in [6.45, 7) is 1.51. The maximum Gasteiger partial charge on any atom is 0.335 e. The summed E-state index contributed by atoms with van der Waals surface area (Å²) in [7, 11) is 0. The Balaban J connectivity index is 3.06. The zero-order valence-electron chi connectivity index (χ0n) is 7.97. The fourth-order valence-corrected chi connectivity index (χ4v) is 1.21. The number of nitrogens with one attached hydrogen (secondary N) is 1. The summed E-state index contributed by atoms with van der Waals surface area (Å²) in [4.78, 5) is 23.7. The van der Waals surface area contributed by atoms with Crippen molar-refractivity contribution >= 4 is 5.97 Å². The minimum Gasteiger partial charge on any atom is -0.479 e. The average Bonchev–Trinajstić information content (AvgIpc) is 2.15. The molecule has 6 nitrogen and oxygen atoms in total. The monoisotopic (exact) mass is 213 g/mol. The normalized spacial score (nSPS) is 14.6. The van der Waals surface area contributed by atoms with Gasteiger partial charge in [-0.1, -0.05) is 0 Å². The first-order chi connectivity index (χ1) is 6.93. The number of rotatable bonds is 3. The Kier molecular flexibility index (Phi) is 3.23. The van der Waals surface area contributed by atoms with Gasteiger partial charge < -0.3 is 20.3 Å². The summed E-state index contributed by atoms with van der Waals surface area (Å²) in [5.41, 5.74) is 0.160. The lowest BCUT2D eigenvalue weighted by atomic mass is 10.0. The molecule has 0 amide bonds. The van der Waals surface area contributed by atoms with Crippen LogP contribution < -0.4 is 5.56 Å². The van der Waals surface area contributed by atoms with Crippen LogP contribution in [0.2, 0.25) is 0 Å². The third kappa shape index (κ3) is 2.42. The van der Waals surface area contributed by atoms with Crippen LogP contribution in [0.5, 0.6) is 0 Å². The second kappa shape index (κ2) is 4.24. The number of pyridine rings is 1. The molecule has 0 aliphatic heterocycles. The van der Waals surface area contributed by atoms with Crippen molar-refractivity contribution in [1.82, 2.24) is 4.98 Å². The van der Waals surface area contributed by atoms with E-state index in [0.29, 0.717) is 5.69 Å². The third-order valence-electron chi connectivity index (χ3n) is 2.03. The number of aliphatic hydroxyl groups is 2. The van der Waals surface area contributed by atoms with Gasteiger partial charge in [0.15, 0.2) is 6.10 Å². The van der Waals surface area contributed by atoms with E-state index in [9.17, 15) is 14.7 Å². The van der Waals surface area contributed by atoms with Gasteiger partial charge in [-0.05, 0) is 13.0 Å². The summed E-state index contributed by atoms with van der Waals surface area (Å²) in [6, 6.07) is 2.44. The number of aromatic amines is 1. The number of aryl methyl sites for hydroxylation is 1. The summed E-state index contributed by atoms with van der Waals surface area (Å²) in [5.74, 6) is -1.52. The van der Waals surface area contributed by atoms with E-state index in [2.05, 4.69) is 4.98 Å². The molecule has 6 heteroatoms. The molecule has 82 valence electrons. The smallest absolute Gasteiger partial charge is 0.335 e. The van der Waals surface area contributed by atoms with E-state index in [4.69, 9.17) is 10.2 Å². The number of hydrogen-bond acceptors (Lipinski definition) is 4. The number of carboxylic acid groups (broad SMARTS) is 1. The van der Waals surface area contributed by atoms with Gasteiger partial charge in [-0.15, -0.1) is 0 Å². The highest BCUT2D eigenvalue weighted by Crippen LogP contribution is 2.18. The minimum absolute atomic E-state index is 0.185. The number of aliphatic carboxylic acids is 1. The SMILES string of the molecule is Cc1[nH]c(=O)ccc1C(O)C(O)C(=O)O. The van der Waals surface area contributed by atoms with Crippen LogP contribution in [0.1, 0.15) is 17.4 Å². The van der Waals surface area contributed by atoms with Gasteiger partial charge in [0, 0.05) is 17.3 Å². The standard InChI is InChI=1S/C9H11NO5/c1-4-5(2-3-6(11)10-4)7(12)8(13)9(14)15/h2-3,7-8,12-13H,1H3,(H,10,11)(H,14,15). The van der Waals surface area contributed by atoms with Gasteiger partial charge in [-0.3, -0.25) is 4.79 Å². The first-order valence-corrected chi connectivity index (χ1v) is 4.22. The van der Waals surface area contributed by atoms with Gasteiger partial charge in [0.05, 0.1) is 0 Å². The molecule has 1 rings (SSSR count). The molecular weight excluding hydrogens is 202 g/mol. The second-order valence-electron chi connectivity index (χ2n) is 3.13.